The highest BCUT2D eigenvalue weighted by Crippen LogP contribution is 2.16. The van der Waals surface area contributed by atoms with E-state index < -0.39 is 0 Å². The predicted molar refractivity (Wildman–Crippen MR) is 86.6 cm³/mol. The minimum Gasteiger partial charge on any atom is -0.488 e. The Morgan fingerprint density at radius 3 is 2.68 bits per heavy atom. The zero-order chi connectivity index (χ0) is 16.1. The van der Waals surface area contributed by atoms with E-state index >= 15 is 0 Å². The van der Waals surface area contributed by atoms with Gasteiger partial charge in [-0.1, -0.05) is 25.1 Å². The summed E-state index contributed by atoms with van der Waals surface area (Å²) < 4.78 is 6.84. The summed E-state index contributed by atoms with van der Waals surface area (Å²) in [6.45, 7) is 4.24. The first-order valence-corrected chi connectivity index (χ1v) is 7.29. The largest absolute Gasteiger partial charge is 0.488 e. The van der Waals surface area contributed by atoms with Gasteiger partial charge in [-0.2, -0.15) is 0 Å². The lowest BCUT2D eigenvalue weighted by Crippen LogP contribution is -2.22. The summed E-state index contributed by atoms with van der Waals surface area (Å²) in [7, 11) is 1.71. The fourth-order valence-corrected chi connectivity index (χ4v) is 2.23. The molecule has 22 heavy (non-hydrogen) atoms. The van der Waals surface area contributed by atoms with Gasteiger partial charge in [-0.05, 0) is 25.0 Å². The Labute approximate surface area is 129 Å². The van der Waals surface area contributed by atoms with Gasteiger partial charge in [-0.25, -0.2) is 0 Å². The lowest BCUT2D eigenvalue weighted by Gasteiger charge is -2.13. The number of anilines is 1. The van der Waals surface area contributed by atoms with Crippen molar-refractivity contribution in [2.45, 2.75) is 20.3 Å². The van der Waals surface area contributed by atoms with Gasteiger partial charge in [0.05, 0.1) is 12.8 Å². The minimum absolute atomic E-state index is 0.246. The molecule has 0 aliphatic carbocycles. The molecule has 5 heteroatoms. The summed E-state index contributed by atoms with van der Waals surface area (Å²) in [5.41, 5.74) is 1.80. The van der Waals surface area contributed by atoms with Crippen LogP contribution in [0.1, 0.15) is 29.9 Å². The number of aromatic nitrogens is 1. The summed E-state index contributed by atoms with van der Waals surface area (Å²) in [5.74, 6) is -0.0703. The highest BCUT2D eigenvalue weighted by atomic mass is 16.5. The van der Waals surface area contributed by atoms with Gasteiger partial charge in [0.2, 0.25) is 5.43 Å². The number of nitrogens with one attached hydrogen (secondary N) is 1. The van der Waals surface area contributed by atoms with Crippen molar-refractivity contribution in [2.75, 3.05) is 11.9 Å². The molecular formula is C17H20N2O3. The second-order valence-corrected chi connectivity index (χ2v) is 4.90. The number of para-hydroxylation sites is 1. The van der Waals surface area contributed by atoms with Crippen LogP contribution in [0.15, 0.2) is 41.3 Å². The standard InChI is InChI=1S/C17H20N2O3/c1-4-12-8-6-7-9-13(12)18-17(21)14-10-15(20)16(22-5-2)11-19(14)3/h6-11H,4-5H2,1-3H3,(H,18,21). The third kappa shape index (κ3) is 3.36. The summed E-state index contributed by atoms with van der Waals surface area (Å²) in [6, 6.07) is 8.91. The summed E-state index contributed by atoms with van der Waals surface area (Å²) in [6.07, 6.45) is 2.35. The van der Waals surface area contributed by atoms with E-state index in [0.717, 1.165) is 17.7 Å². The van der Waals surface area contributed by atoms with Crippen molar-refractivity contribution in [3.8, 4) is 5.75 Å². The van der Waals surface area contributed by atoms with Crippen LogP contribution in [0.4, 0.5) is 5.69 Å². The molecule has 0 bridgehead atoms. The van der Waals surface area contributed by atoms with Gasteiger partial charge in [0.25, 0.3) is 5.91 Å². The van der Waals surface area contributed by atoms with Gasteiger partial charge in [0.15, 0.2) is 5.75 Å². The summed E-state index contributed by atoms with van der Waals surface area (Å²) in [4.78, 5) is 24.4. The Balaban J connectivity index is 2.30. The number of rotatable bonds is 5. The number of hydrogen-bond donors (Lipinski definition) is 1. The van der Waals surface area contributed by atoms with Crippen LogP contribution in [-0.2, 0) is 13.5 Å². The van der Waals surface area contributed by atoms with E-state index in [4.69, 9.17) is 4.74 Å². The molecule has 0 radical (unpaired) electrons. The highest BCUT2D eigenvalue weighted by molar-refractivity contribution is 6.03. The van der Waals surface area contributed by atoms with Gasteiger partial charge < -0.3 is 14.6 Å². The molecule has 1 aromatic heterocycles. The monoisotopic (exact) mass is 300 g/mol. The van der Waals surface area contributed by atoms with Crippen LogP contribution in [-0.4, -0.2) is 17.1 Å². The topological polar surface area (TPSA) is 60.3 Å². The van der Waals surface area contributed by atoms with Crippen LogP contribution >= 0.6 is 0 Å². The SMILES string of the molecule is CCOc1cn(C)c(C(=O)Nc2ccccc2CC)cc1=O. The average molecular weight is 300 g/mol. The molecule has 1 heterocycles. The van der Waals surface area contributed by atoms with Crippen molar-refractivity contribution < 1.29 is 9.53 Å². The number of ether oxygens (including phenoxy) is 1. The number of carbonyl (C=O) groups excluding carboxylic acids is 1. The number of amides is 1. The van der Waals surface area contributed by atoms with Crippen LogP contribution < -0.4 is 15.5 Å². The third-order valence-electron chi connectivity index (χ3n) is 3.38. The number of benzene rings is 1. The Morgan fingerprint density at radius 1 is 1.27 bits per heavy atom. The van der Waals surface area contributed by atoms with Crippen molar-refractivity contribution in [3.63, 3.8) is 0 Å². The molecule has 0 fully saturated rings. The van der Waals surface area contributed by atoms with Crippen LogP contribution in [0, 0.1) is 0 Å². The number of pyridine rings is 1. The maximum atomic E-state index is 12.4. The fourth-order valence-electron chi connectivity index (χ4n) is 2.23. The molecule has 0 aliphatic heterocycles. The minimum atomic E-state index is -0.316. The smallest absolute Gasteiger partial charge is 0.272 e. The van der Waals surface area contributed by atoms with Crippen LogP contribution in [0.5, 0.6) is 5.75 Å². The molecule has 2 rings (SSSR count). The van der Waals surface area contributed by atoms with Crippen molar-refractivity contribution in [1.29, 1.82) is 0 Å². The number of hydrogen-bond acceptors (Lipinski definition) is 3. The van der Waals surface area contributed by atoms with Crippen molar-refractivity contribution in [3.05, 3.63) is 58.0 Å². The van der Waals surface area contributed by atoms with E-state index in [-0.39, 0.29) is 17.1 Å². The summed E-state index contributed by atoms with van der Waals surface area (Å²) >= 11 is 0. The molecule has 5 nitrogen and oxygen atoms in total. The Bertz CT molecular complexity index is 735. The Hall–Kier alpha value is -2.56. The zero-order valence-corrected chi connectivity index (χ0v) is 13.1. The first kappa shape index (κ1) is 15.8. The number of carbonyl (C=O) groups is 1. The zero-order valence-electron chi connectivity index (χ0n) is 13.1. The molecule has 0 saturated carbocycles. The van der Waals surface area contributed by atoms with Gasteiger partial charge >= 0.3 is 0 Å². The first-order valence-electron chi connectivity index (χ1n) is 7.29. The quantitative estimate of drug-likeness (QED) is 0.923. The molecule has 1 N–H and O–H groups in total. The van der Waals surface area contributed by atoms with E-state index in [2.05, 4.69) is 5.32 Å². The molecule has 1 amide bonds. The van der Waals surface area contributed by atoms with Gasteiger partial charge in [-0.3, -0.25) is 9.59 Å². The number of aryl methyl sites for hydroxylation is 2. The molecule has 0 aliphatic rings. The lowest BCUT2D eigenvalue weighted by atomic mass is 10.1. The maximum absolute atomic E-state index is 12.4. The van der Waals surface area contributed by atoms with Crippen LogP contribution in [0.3, 0.4) is 0 Å². The molecule has 0 atom stereocenters. The normalized spacial score (nSPS) is 10.3. The molecule has 0 spiro atoms. The van der Waals surface area contributed by atoms with Crippen molar-refractivity contribution in [2.24, 2.45) is 7.05 Å². The van der Waals surface area contributed by atoms with E-state index in [1.165, 1.54) is 12.3 Å². The molecule has 1 aromatic carbocycles. The molecule has 0 saturated heterocycles. The second kappa shape index (κ2) is 6.93. The van der Waals surface area contributed by atoms with E-state index in [9.17, 15) is 9.59 Å². The van der Waals surface area contributed by atoms with Crippen molar-refractivity contribution >= 4 is 11.6 Å². The summed E-state index contributed by atoms with van der Waals surface area (Å²) in [5, 5.41) is 2.86. The molecule has 0 unspecified atom stereocenters. The van der Waals surface area contributed by atoms with E-state index in [0.29, 0.717) is 12.3 Å². The first-order chi connectivity index (χ1) is 10.6. The lowest BCUT2D eigenvalue weighted by molar-refractivity contribution is 0.101. The second-order valence-electron chi connectivity index (χ2n) is 4.90. The highest BCUT2D eigenvalue weighted by Gasteiger charge is 2.13. The Kier molecular flexibility index (Phi) is 4.99. The van der Waals surface area contributed by atoms with E-state index in [1.54, 1.807) is 11.6 Å². The van der Waals surface area contributed by atoms with Gasteiger partial charge in [-0.15, -0.1) is 0 Å². The van der Waals surface area contributed by atoms with Crippen LogP contribution in [0.25, 0.3) is 0 Å². The van der Waals surface area contributed by atoms with Gasteiger partial charge in [0, 0.05) is 18.8 Å². The average Bonchev–Trinajstić information content (AvgIpc) is 2.51. The maximum Gasteiger partial charge on any atom is 0.272 e. The predicted octanol–water partition coefficient (Wildman–Crippen LogP) is 2.60. The number of nitrogens with zero attached hydrogens (tertiary/aromatic N) is 1. The van der Waals surface area contributed by atoms with Crippen molar-refractivity contribution in [1.82, 2.24) is 4.57 Å². The fraction of sp³-hybridized carbons (Fsp3) is 0.294. The van der Waals surface area contributed by atoms with Gasteiger partial charge in [0.1, 0.15) is 5.69 Å². The van der Waals surface area contributed by atoms with E-state index in [1.807, 2.05) is 38.1 Å². The molecule has 2 aromatic rings. The molecular weight excluding hydrogens is 280 g/mol. The Morgan fingerprint density at radius 2 is 2.00 bits per heavy atom. The third-order valence-corrected chi connectivity index (χ3v) is 3.38. The van der Waals surface area contributed by atoms with Crippen LogP contribution in [0.2, 0.25) is 0 Å². The molecule has 116 valence electrons.